The molecule has 1 saturated heterocycles. The third-order valence-corrected chi connectivity index (χ3v) is 4.44. The molecule has 0 aromatic heterocycles. The minimum Gasteiger partial charge on any atom is -0.508 e. The first-order valence-electron chi connectivity index (χ1n) is 8.92. The number of rotatable bonds is 5. The number of aromatic hydroxyl groups is 1. The predicted molar refractivity (Wildman–Crippen MR) is 114 cm³/mol. The Morgan fingerprint density at radius 2 is 2.00 bits per heavy atom. The van der Waals surface area contributed by atoms with Gasteiger partial charge in [-0.15, -0.1) is 24.0 Å². The summed E-state index contributed by atoms with van der Waals surface area (Å²) in [5.74, 6) is 3.33. The van der Waals surface area contributed by atoms with E-state index in [1.807, 2.05) is 12.1 Å². The molecule has 1 aliphatic rings. The molecule has 2 rings (SSSR count). The van der Waals surface area contributed by atoms with Crippen molar-refractivity contribution in [3.8, 4) is 11.5 Å². The molecular weight excluding hydrogens is 429 g/mol. The van der Waals surface area contributed by atoms with E-state index in [2.05, 4.69) is 31.0 Å². The fourth-order valence-electron chi connectivity index (χ4n) is 3.43. The van der Waals surface area contributed by atoms with Crippen LogP contribution in [0.5, 0.6) is 11.5 Å². The Morgan fingerprint density at radius 3 is 2.56 bits per heavy atom. The van der Waals surface area contributed by atoms with Gasteiger partial charge in [-0.25, -0.2) is 0 Å². The molecule has 142 valence electrons. The molecular formula is C19H32IN3O2. The van der Waals surface area contributed by atoms with Gasteiger partial charge in [0.1, 0.15) is 11.5 Å². The number of benzene rings is 1. The number of guanidine groups is 1. The SMILES string of the molecule is CCNC(=NCCc1ccc(OC)cc1O)N1CC(C)CC(C)C1.I. The van der Waals surface area contributed by atoms with Crippen LogP contribution in [-0.2, 0) is 6.42 Å². The Balaban J connectivity index is 0.00000312. The molecule has 0 aliphatic carbocycles. The predicted octanol–water partition coefficient (Wildman–Crippen LogP) is 3.50. The minimum atomic E-state index is 0. The number of likely N-dealkylation sites (tertiary alicyclic amines) is 1. The van der Waals surface area contributed by atoms with Gasteiger partial charge < -0.3 is 20.1 Å². The largest absolute Gasteiger partial charge is 0.508 e. The normalized spacial score (nSPS) is 20.8. The van der Waals surface area contributed by atoms with E-state index in [4.69, 9.17) is 9.73 Å². The Kier molecular flexibility index (Phi) is 9.38. The van der Waals surface area contributed by atoms with Crippen molar-refractivity contribution in [1.29, 1.82) is 0 Å². The maximum Gasteiger partial charge on any atom is 0.193 e. The number of halogens is 1. The van der Waals surface area contributed by atoms with Gasteiger partial charge in [0, 0.05) is 32.2 Å². The summed E-state index contributed by atoms with van der Waals surface area (Å²) in [7, 11) is 1.60. The second-order valence-electron chi connectivity index (χ2n) is 6.83. The average molecular weight is 461 g/mol. The first kappa shape index (κ1) is 21.9. The standard InChI is InChI=1S/C19H31N3O2.HI/c1-5-20-19(22-12-14(2)10-15(3)13-22)21-9-8-16-6-7-17(24-4)11-18(16)23;/h6-7,11,14-15,23H,5,8-10,12-13H2,1-4H3,(H,20,21);1H. The van der Waals surface area contributed by atoms with Crippen LogP contribution in [0.25, 0.3) is 0 Å². The van der Waals surface area contributed by atoms with Crippen LogP contribution >= 0.6 is 24.0 Å². The average Bonchev–Trinajstić information content (AvgIpc) is 2.54. The molecule has 1 fully saturated rings. The lowest BCUT2D eigenvalue weighted by Crippen LogP contribution is -2.48. The van der Waals surface area contributed by atoms with Gasteiger partial charge in [0.2, 0.25) is 0 Å². The summed E-state index contributed by atoms with van der Waals surface area (Å²) >= 11 is 0. The molecule has 0 spiro atoms. The van der Waals surface area contributed by atoms with Gasteiger partial charge >= 0.3 is 0 Å². The molecule has 0 amide bonds. The minimum absolute atomic E-state index is 0. The van der Waals surface area contributed by atoms with Gasteiger partial charge in [0.15, 0.2) is 5.96 Å². The summed E-state index contributed by atoms with van der Waals surface area (Å²) in [6.07, 6.45) is 2.00. The van der Waals surface area contributed by atoms with E-state index in [1.165, 1.54) is 6.42 Å². The van der Waals surface area contributed by atoms with E-state index in [0.29, 0.717) is 30.6 Å². The second kappa shape index (κ2) is 10.7. The van der Waals surface area contributed by atoms with Gasteiger partial charge in [-0.1, -0.05) is 19.9 Å². The van der Waals surface area contributed by atoms with E-state index >= 15 is 0 Å². The van der Waals surface area contributed by atoms with Gasteiger partial charge in [0.25, 0.3) is 0 Å². The Labute approximate surface area is 168 Å². The van der Waals surface area contributed by atoms with Crippen LogP contribution in [0.2, 0.25) is 0 Å². The first-order chi connectivity index (χ1) is 11.5. The monoisotopic (exact) mass is 461 g/mol. The van der Waals surface area contributed by atoms with E-state index in [-0.39, 0.29) is 29.7 Å². The smallest absolute Gasteiger partial charge is 0.193 e. The second-order valence-corrected chi connectivity index (χ2v) is 6.83. The fourth-order valence-corrected chi connectivity index (χ4v) is 3.43. The molecule has 0 radical (unpaired) electrons. The van der Waals surface area contributed by atoms with Crippen LogP contribution in [0, 0.1) is 11.8 Å². The zero-order valence-corrected chi connectivity index (χ0v) is 18.1. The van der Waals surface area contributed by atoms with Crippen molar-refractivity contribution < 1.29 is 9.84 Å². The first-order valence-corrected chi connectivity index (χ1v) is 8.92. The van der Waals surface area contributed by atoms with Crippen LogP contribution < -0.4 is 10.1 Å². The van der Waals surface area contributed by atoms with E-state index in [0.717, 1.165) is 31.2 Å². The zero-order chi connectivity index (χ0) is 17.5. The molecule has 2 unspecified atom stereocenters. The number of nitrogens with zero attached hydrogens (tertiary/aromatic N) is 2. The highest BCUT2D eigenvalue weighted by Gasteiger charge is 2.23. The van der Waals surface area contributed by atoms with Gasteiger partial charge in [-0.3, -0.25) is 4.99 Å². The maximum absolute atomic E-state index is 10.1. The summed E-state index contributed by atoms with van der Waals surface area (Å²) in [5.41, 5.74) is 0.899. The van der Waals surface area contributed by atoms with Crippen molar-refractivity contribution in [3.05, 3.63) is 23.8 Å². The number of phenolic OH excluding ortho intramolecular Hbond substituents is 1. The molecule has 1 aliphatic heterocycles. The van der Waals surface area contributed by atoms with Crippen molar-refractivity contribution in [3.63, 3.8) is 0 Å². The number of ether oxygens (including phenoxy) is 1. The molecule has 0 bridgehead atoms. The molecule has 1 aromatic carbocycles. The molecule has 2 atom stereocenters. The zero-order valence-electron chi connectivity index (χ0n) is 15.8. The quantitative estimate of drug-likeness (QED) is 0.401. The summed E-state index contributed by atoms with van der Waals surface area (Å²) in [6, 6.07) is 5.43. The van der Waals surface area contributed by atoms with E-state index in [9.17, 15) is 5.11 Å². The molecule has 6 heteroatoms. The number of methoxy groups -OCH3 is 1. The van der Waals surface area contributed by atoms with Crippen molar-refractivity contribution in [2.75, 3.05) is 33.3 Å². The van der Waals surface area contributed by atoms with Gasteiger partial charge in [0.05, 0.1) is 7.11 Å². The molecule has 1 aromatic rings. The number of nitrogens with one attached hydrogen (secondary N) is 1. The summed E-state index contributed by atoms with van der Waals surface area (Å²) < 4.78 is 5.12. The van der Waals surface area contributed by atoms with Gasteiger partial charge in [-0.2, -0.15) is 0 Å². The highest BCUT2D eigenvalue weighted by Crippen LogP contribution is 2.24. The van der Waals surface area contributed by atoms with Crippen LogP contribution in [0.15, 0.2) is 23.2 Å². The van der Waals surface area contributed by atoms with Crippen molar-refractivity contribution in [2.24, 2.45) is 16.8 Å². The number of hydrogen-bond acceptors (Lipinski definition) is 3. The molecule has 1 heterocycles. The van der Waals surface area contributed by atoms with Crippen LogP contribution in [-0.4, -0.2) is 49.3 Å². The van der Waals surface area contributed by atoms with Crippen molar-refractivity contribution in [1.82, 2.24) is 10.2 Å². The fraction of sp³-hybridized carbons (Fsp3) is 0.632. The highest BCUT2D eigenvalue weighted by atomic mass is 127. The maximum atomic E-state index is 10.1. The Morgan fingerprint density at radius 1 is 1.32 bits per heavy atom. The molecule has 5 nitrogen and oxygen atoms in total. The third-order valence-electron chi connectivity index (χ3n) is 4.44. The molecule has 0 saturated carbocycles. The van der Waals surface area contributed by atoms with Crippen molar-refractivity contribution in [2.45, 2.75) is 33.6 Å². The van der Waals surface area contributed by atoms with Crippen LogP contribution in [0.1, 0.15) is 32.8 Å². The van der Waals surface area contributed by atoms with E-state index in [1.54, 1.807) is 13.2 Å². The molecule has 2 N–H and O–H groups in total. The summed E-state index contributed by atoms with van der Waals surface area (Å²) in [6.45, 7) is 10.4. The number of piperidine rings is 1. The lowest BCUT2D eigenvalue weighted by molar-refractivity contribution is 0.208. The molecule has 25 heavy (non-hydrogen) atoms. The number of hydrogen-bond donors (Lipinski definition) is 2. The number of aliphatic imine (C=N–C) groups is 1. The topological polar surface area (TPSA) is 57.1 Å². The summed E-state index contributed by atoms with van der Waals surface area (Å²) in [5, 5.41) is 13.5. The highest BCUT2D eigenvalue weighted by molar-refractivity contribution is 14.0. The summed E-state index contributed by atoms with van der Waals surface area (Å²) in [4.78, 5) is 7.15. The number of phenols is 1. The lowest BCUT2D eigenvalue weighted by atomic mass is 9.92. The van der Waals surface area contributed by atoms with Gasteiger partial charge in [-0.05, 0) is 43.2 Å². The van der Waals surface area contributed by atoms with Crippen LogP contribution in [0.3, 0.4) is 0 Å². The third kappa shape index (κ3) is 6.56. The van der Waals surface area contributed by atoms with E-state index < -0.39 is 0 Å². The van der Waals surface area contributed by atoms with Crippen LogP contribution in [0.4, 0.5) is 0 Å². The lowest BCUT2D eigenvalue weighted by Gasteiger charge is -2.37. The van der Waals surface area contributed by atoms with Crippen molar-refractivity contribution >= 4 is 29.9 Å². The Bertz CT molecular complexity index is 556. The Hall–Kier alpha value is -1.18.